The maximum absolute atomic E-state index is 10.9. The van der Waals surface area contributed by atoms with Crippen LogP contribution in [0.2, 0.25) is 0 Å². The van der Waals surface area contributed by atoms with Crippen molar-refractivity contribution in [1.82, 2.24) is 0 Å². The van der Waals surface area contributed by atoms with Gasteiger partial charge in [0, 0.05) is 6.07 Å². The Morgan fingerprint density at radius 2 is 1.30 bits per heavy atom. The minimum Gasteiger partial charge on any atom is -0.507 e. The molecular weight excluding hydrogens is 380 g/mol. The molecular formula is C25H34O5. The zero-order valence-electron chi connectivity index (χ0n) is 17.9. The first kappa shape index (κ1) is 23.6. The summed E-state index contributed by atoms with van der Waals surface area (Å²) in [6.45, 7) is 2.96. The predicted molar refractivity (Wildman–Crippen MR) is 119 cm³/mol. The topological polar surface area (TPSA) is 76.0 Å². The lowest BCUT2D eigenvalue weighted by Gasteiger charge is -2.09. The van der Waals surface area contributed by atoms with Gasteiger partial charge >= 0.3 is 5.97 Å². The Balaban J connectivity index is 1.61. The van der Waals surface area contributed by atoms with E-state index in [4.69, 9.17) is 14.6 Å². The summed E-state index contributed by atoms with van der Waals surface area (Å²) in [5, 5.41) is 18.7. The molecule has 0 amide bonds. The van der Waals surface area contributed by atoms with Crippen LogP contribution in [0.1, 0.15) is 81.5 Å². The molecule has 0 radical (unpaired) electrons. The molecule has 2 aromatic rings. The van der Waals surface area contributed by atoms with E-state index in [1.54, 1.807) is 12.1 Å². The summed E-state index contributed by atoms with van der Waals surface area (Å²) in [4.78, 5) is 10.9. The molecule has 2 N–H and O–H groups in total. The minimum atomic E-state index is -1.18. The third kappa shape index (κ3) is 8.76. The second-order valence-electron chi connectivity index (χ2n) is 7.59. The molecule has 0 aliphatic heterocycles. The Hall–Kier alpha value is -2.69. The van der Waals surface area contributed by atoms with Gasteiger partial charge < -0.3 is 19.7 Å². The van der Waals surface area contributed by atoms with E-state index in [0.29, 0.717) is 18.1 Å². The molecule has 0 aliphatic carbocycles. The van der Waals surface area contributed by atoms with Crippen LogP contribution in [0.25, 0.3) is 0 Å². The smallest absolute Gasteiger partial charge is 0.339 e. The standard InChI is InChI=1S/C25H34O5/c1-2-3-4-5-6-7-8-9-10-11-18-29-20-12-14-21(15-13-20)30-22-16-17-23(25(27)28)24(26)19-22/h12-17,19,26H,2-11,18H2,1H3,(H,27,28). The van der Waals surface area contributed by atoms with Gasteiger partial charge in [0.1, 0.15) is 28.6 Å². The monoisotopic (exact) mass is 414 g/mol. The van der Waals surface area contributed by atoms with E-state index in [-0.39, 0.29) is 11.3 Å². The Bertz CT molecular complexity index is 755. The number of hydrogen-bond donors (Lipinski definition) is 2. The highest BCUT2D eigenvalue weighted by Gasteiger charge is 2.10. The first-order valence-corrected chi connectivity index (χ1v) is 11.1. The number of aromatic carboxylic acids is 1. The first-order valence-electron chi connectivity index (χ1n) is 11.1. The SMILES string of the molecule is CCCCCCCCCCCCOc1ccc(Oc2ccc(C(=O)O)c(O)c2)cc1. The van der Waals surface area contributed by atoms with Gasteiger partial charge in [0.2, 0.25) is 0 Å². The summed E-state index contributed by atoms with van der Waals surface area (Å²) in [5.41, 5.74) is -0.155. The van der Waals surface area contributed by atoms with Gasteiger partial charge in [-0.1, -0.05) is 64.7 Å². The van der Waals surface area contributed by atoms with Crippen molar-refractivity contribution in [1.29, 1.82) is 0 Å². The van der Waals surface area contributed by atoms with Crippen molar-refractivity contribution in [2.75, 3.05) is 6.61 Å². The molecule has 0 aromatic heterocycles. The van der Waals surface area contributed by atoms with E-state index < -0.39 is 5.97 Å². The molecule has 2 aromatic carbocycles. The van der Waals surface area contributed by atoms with Crippen molar-refractivity contribution in [3.05, 3.63) is 48.0 Å². The fourth-order valence-corrected chi connectivity index (χ4v) is 3.28. The summed E-state index contributed by atoms with van der Waals surface area (Å²) in [7, 11) is 0. The quantitative estimate of drug-likeness (QED) is 0.302. The maximum Gasteiger partial charge on any atom is 0.339 e. The van der Waals surface area contributed by atoms with Crippen LogP contribution < -0.4 is 9.47 Å². The molecule has 0 atom stereocenters. The predicted octanol–water partition coefficient (Wildman–Crippen LogP) is 7.18. The third-order valence-electron chi connectivity index (χ3n) is 5.03. The Morgan fingerprint density at radius 1 is 0.767 bits per heavy atom. The lowest BCUT2D eigenvalue weighted by atomic mass is 10.1. The number of phenols is 1. The third-order valence-corrected chi connectivity index (χ3v) is 5.03. The van der Waals surface area contributed by atoms with E-state index in [2.05, 4.69) is 6.92 Å². The van der Waals surface area contributed by atoms with E-state index in [9.17, 15) is 9.90 Å². The van der Waals surface area contributed by atoms with Crippen LogP contribution >= 0.6 is 0 Å². The average Bonchev–Trinajstić information content (AvgIpc) is 2.73. The Labute approximate surface area is 179 Å². The van der Waals surface area contributed by atoms with Gasteiger partial charge in [-0.05, 0) is 42.8 Å². The molecule has 164 valence electrons. The fourth-order valence-electron chi connectivity index (χ4n) is 3.28. The highest BCUT2D eigenvalue weighted by Crippen LogP contribution is 2.28. The van der Waals surface area contributed by atoms with Crippen molar-refractivity contribution in [3.63, 3.8) is 0 Å². The molecule has 0 unspecified atom stereocenters. The van der Waals surface area contributed by atoms with Crippen LogP contribution in [-0.4, -0.2) is 22.8 Å². The molecule has 0 fully saturated rings. The van der Waals surface area contributed by atoms with Crippen LogP contribution in [0.5, 0.6) is 23.0 Å². The summed E-state index contributed by atoms with van der Waals surface area (Å²) in [5.74, 6) is 0.252. The lowest BCUT2D eigenvalue weighted by molar-refractivity contribution is 0.0693. The van der Waals surface area contributed by atoms with Crippen molar-refractivity contribution < 1.29 is 24.5 Å². The number of ether oxygens (including phenoxy) is 2. The number of carboxylic acids is 1. The second-order valence-corrected chi connectivity index (χ2v) is 7.59. The number of benzene rings is 2. The summed E-state index contributed by atoms with van der Waals surface area (Å²) in [6, 6.07) is 11.4. The molecule has 2 rings (SSSR count). The van der Waals surface area contributed by atoms with Crippen LogP contribution in [0.3, 0.4) is 0 Å². The van der Waals surface area contributed by atoms with E-state index >= 15 is 0 Å². The molecule has 0 saturated carbocycles. The van der Waals surface area contributed by atoms with Gasteiger partial charge in [-0.25, -0.2) is 4.79 Å². The molecule has 0 saturated heterocycles. The van der Waals surface area contributed by atoms with Gasteiger partial charge in [0.25, 0.3) is 0 Å². The van der Waals surface area contributed by atoms with E-state index in [1.807, 2.05) is 12.1 Å². The molecule has 5 nitrogen and oxygen atoms in total. The van der Waals surface area contributed by atoms with Crippen LogP contribution in [0.15, 0.2) is 42.5 Å². The highest BCUT2D eigenvalue weighted by molar-refractivity contribution is 5.90. The molecule has 0 spiro atoms. The maximum atomic E-state index is 10.9. The Kier molecular flexibility index (Phi) is 10.6. The second kappa shape index (κ2) is 13.5. The first-order chi connectivity index (χ1) is 14.6. The summed E-state index contributed by atoms with van der Waals surface area (Å²) < 4.78 is 11.4. The highest BCUT2D eigenvalue weighted by atomic mass is 16.5. The van der Waals surface area contributed by atoms with Crippen molar-refractivity contribution in [3.8, 4) is 23.0 Å². The Morgan fingerprint density at radius 3 is 1.87 bits per heavy atom. The summed E-state index contributed by atoms with van der Waals surface area (Å²) >= 11 is 0. The largest absolute Gasteiger partial charge is 0.507 e. The average molecular weight is 415 g/mol. The van der Waals surface area contributed by atoms with Gasteiger partial charge in [-0.3, -0.25) is 0 Å². The van der Waals surface area contributed by atoms with Gasteiger partial charge in [0.15, 0.2) is 0 Å². The van der Waals surface area contributed by atoms with Crippen molar-refractivity contribution in [2.45, 2.75) is 71.1 Å². The number of hydrogen-bond acceptors (Lipinski definition) is 4. The van der Waals surface area contributed by atoms with Crippen molar-refractivity contribution >= 4 is 5.97 Å². The van der Waals surface area contributed by atoms with Crippen LogP contribution in [0, 0.1) is 0 Å². The van der Waals surface area contributed by atoms with E-state index in [1.165, 1.54) is 76.0 Å². The van der Waals surface area contributed by atoms with Crippen LogP contribution in [-0.2, 0) is 0 Å². The zero-order chi connectivity index (χ0) is 21.6. The zero-order valence-corrected chi connectivity index (χ0v) is 17.9. The minimum absolute atomic E-state index is 0.155. The fraction of sp³-hybridized carbons (Fsp3) is 0.480. The van der Waals surface area contributed by atoms with Gasteiger partial charge in [0.05, 0.1) is 6.61 Å². The molecule has 5 heteroatoms. The summed E-state index contributed by atoms with van der Waals surface area (Å²) in [6.07, 6.45) is 13.0. The lowest BCUT2D eigenvalue weighted by Crippen LogP contribution is -1.97. The van der Waals surface area contributed by atoms with Crippen LogP contribution in [0.4, 0.5) is 0 Å². The number of unbranched alkanes of at least 4 members (excludes halogenated alkanes) is 9. The normalized spacial score (nSPS) is 10.7. The molecule has 0 bridgehead atoms. The van der Waals surface area contributed by atoms with E-state index in [0.717, 1.165) is 12.2 Å². The van der Waals surface area contributed by atoms with Gasteiger partial charge in [-0.15, -0.1) is 0 Å². The van der Waals surface area contributed by atoms with Gasteiger partial charge in [-0.2, -0.15) is 0 Å². The molecule has 0 heterocycles. The number of carboxylic acid groups (broad SMARTS) is 1. The van der Waals surface area contributed by atoms with Crippen molar-refractivity contribution in [2.24, 2.45) is 0 Å². The number of rotatable bonds is 15. The number of aromatic hydroxyl groups is 1. The molecule has 0 aliphatic rings. The number of carbonyl (C=O) groups is 1. The molecule has 30 heavy (non-hydrogen) atoms.